The average molecular weight is 269 g/mol. The molecular weight excluding hydrogens is 244 g/mol. The van der Waals surface area contributed by atoms with E-state index in [0.717, 1.165) is 24.0 Å². The molecule has 1 rings (SSSR count). The third kappa shape index (κ3) is 3.89. The lowest BCUT2D eigenvalue weighted by Crippen LogP contribution is -2.30. The van der Waals surface area contributed by atoms with Gasteiger partial charge in [-0.05, 0) is 30.5 Å². The van der Waals surface area contributed by atoms with Gasteiger partial charge in [0.15, 0.2) is 0 Å². The number of halogens is 1. The van der Waals surface area contributed by atoms with Gasteiger partial charge >= 0.3 is 0 Å². The molecule has 3 heteroatoms. The highest BCUT2D eigenvalue weighted by molar-refractivity contribution is 6.30. The molecule has 0 atom stereocenters. The maximum absolute atomic E-state index is 6.11. The molecule has 0 aliphatic heterocycles. The molecule has 0 amide bonds. The van der Waals surface area contributed by atoms with Crippen LogP contribution >= 0.6 is 11.6 Å². The van der Waals surface area contributed by atoms with E-state index in [2.05, 4.69) is 25.7 Å². The van der Waals surface area contributed by atoms with Gasteiger partial charge in [0, 0.05) is 30.3 Å². The zero-order valence-electron chi connectivity index (χ0n) is 11.7. The lowest BCUT2D eigenvalue weighted by atomic mass is 10.0. The largest absolute Gasteiger partial charge is 0.371 e. The molecule has 0 saturated carbocycles. The fraction of sp³-hybridized carbons (Fsp3) is 0.600. The fourth-order valence-electron chi connectivity index (χ4n) is 2.26. The lowest BCUT2D eigenvalue weighted by Gasteiger charge is -2.29. The maximum Gasteiger partial charge on any atom is 0.0426 e. The molecule has 2 N–H and O–H groups in total. The Labute approximate surface area is 116 Å². The quantitative estimate of drug-likeness (QED) is 0.808. The Morgan fingerprint density at radius 1 is 1.22 bits per heavy atom. The number of benzene rings is 1. The number of anilines is 1. The molecule has 0 bridgehead atoms. The number of hydrogen-bond donors (Lipinski definition) is 1. The van der Waals surface area contributed by atoms with E-state index < -0.39 is 0 Å². The van der Waals surface area contributed by atoms with Crippen LogP contribution in [-0.2, 0) is 6.54 Å². The summed E-state index contributed by atoms with van der Waals surface area (Å²) in [6.45, 7) is 9.32. The molecule has 18 heavy (non-hydrogen) atoms. The van der Waals surface area contributed by atoms with Gasteiger partial charge in [-0.15, -0.1) is 0 Å². The smallest absolute Gasteiger partial charge is 0.0426 e. The van der Waals surface area contributed by atoms with Gasteiger partial charge in [0.1, 0.15) is 0 Å². The van der Waals surface area contributed by atoms with E-state index in [1.807, 2.05) is 18.2 Å². The van der Waals surface area contributed by atoms with Gasteiger partial charge in [-0.2, -0.15) is 0 Å². The topological polar surface area (TPSA) is 29.3 Å². The predicted molar refractivity (Wildman–Crippen MR) is 81.3 cm³/mol. The molecule has 0 aromatic heterocycles. The second-order valence-corrected chi connectivity index (χ2v) is 5.13. The van der Waals surface area contributed by atoms with Crippen molar-refractivity contribution in [1.82, 2.24) is 0 Å². The van der Waals surface area contributed by atoms with Crippen LogP contribution < -0.4 is 10.6 Å². The minimum atomic E-state index is 0.561. The summed E-state index contributed by atoms with van der Waals surface area (Å²) in [6, 6.07) is 5.99. The van der Waals surface area contributed by atoms with E-state index >= 15 is 0 Å². The molecule has 0 aliphatic rings. The normalized spacial score (nSPS) is 11.0. The van der Waals surface area contributed by atoms with Gasteiger partial charge in [0.05, 0.1) is 0 Å². The highest BCUT2D eigenvalue weighted by Gasteiger charge is 2.13. The second-order valence-electron chi connectivity index (χ2n) is 4.70. The zero-order valence-corrected chi connectivity index (χ0v) is 12.5. The van der Waals surface area contributed by atoms with Gasteiger partial charge in [-0.25, -0.2) is 0 Å². The first-order valence-electron chi connectivity index (χ1n) is 6.89. The van der Waals surface area contributed by atoms with Crippen LogP contribution in [0.15, 0.2) is 18.2 Å². The highest BCUT2D eigenvalue weighted by atomic mass is 35.5. The lowest BCUT2D eigenvalue weighted by molar-refractivity contribution is 0.485. The van der Waals surface area contributed by atoms with Gasteiger partial charge in [0.2, 0.25) is 0 Å². The molecule has 0 fully saturated rings. The molecular formula is C15H25ClN2. The van der Waals surface area contributed by atoms with Crippen molar-refractivity contribution in [2.45, 2.75) is 40.2 Å². The van der Waals surface area contributed by atoms with E-state index in [-0.39, 0.29) is 0 Å². The van der Waals surface area contributed by atoms with Crippen LogP contribution in [-0.4, -0.2) is 13.1 Å². The first kappa shape index (κ1) is 15.3. The number of nitrogens with two attached hydrogens (primary N) is 1. The molecule has 0 aliphatic carbocycles. The molecule has 0 radical (unpaired) electrons. The molecule has 2 nitrogen and oxygen atoms in total. The summed E-state index contributed by atoms with van der Waals surface area (Å²) in [5, 5.41) is 0.783. The summed E-state index contributed by atoms with van der Waals surface area (Å²) in [5.74, 6) is 0.731. The van der Waals surface area contributed by atoms with E-state index in [4.69, 9.17) is 17.3 Å². The number of hydrogen-bond acceptors (Lipinski definition) is 2. The molecule has 102 valence electrons. The molecule has 0 saturated heterocycles. The summed E-state index contributed by atoms with van der Waals surface area (Å²) >= 11 is 6.11. The van der Waals surface area contributed by atoms with Crippen molar-refractivity contribution in [1.29, 1.82) is 0 Å². The first-order valence-corrected chi connectivity index (χ1v) is 7.27. The van der Waals surface area contributed by atoms with E-state index in [0.29, 0.717) is 6.54 Å². The summed E-state index contributed by atoms with van der Waals surface area (Å²) in [7, 11) is 0. The van der Waals surface area contributed by atoms with Crippen molar-refractivity contribution < 1.29 is 0 Å². The van der Waals surface area contributed by atoms with Crippen LogP contribution in [0.3, 0.4) is 0 Å². The monoisotopic (exact) mass is 268 g/mol. The van der Waals surface area contributed by atoms with Crippen LogP contribution in [0, 0.1) is 5.92 Å². The Kier molecular flexibility index (Phi) is 6.51. The summed E-state index contributed by atoms with van der Waals surface area (Å²) < 4.78 is 0. The van der Waals surface area contributed by atoms with Crippen LogP contribution in [0.5, 0.6) is 0 Å². The van der Waals surface area contributed by atoms with E-state index in [1.165, 1.54) is 24.1 Å². The van der Waals surface area contributed by atoms with E-state index in [1.54, 1.807) is 0 Å². The van der Waals surface area contributed by atoms with Gasteiger partial charge in [0.25, 0.3) is 0 Å². The predicted octanol–water partition coefficient (Wildman–Crippen LogP) is 4.06. The van der Waals surface area contributed by atoms with Gasteiger partial charge < -0.3 is 10.6 Å². The third-order valence-electron chi connectivity index (χ3n) is 3.62. The van der Waals surface area contributed by atoms with Crippen molar-refractivity contribution in [3.63, 3.8) is 0 Å². The van der Waals surface area contributed by atoms with E-state index in [9.17, 15) is 0 Å². The highest BCUT2D eigenvalue weighted by Crippen LogP contribution is 2.26. The third-order valence-corrected chi connectivity index (χ3v) is 3.86. The standard InChI is InChI=1S/C15H25ClN2/c1-4-12(5-2)11-18(6-3)15-9-14(16)8-7-13(15)10-17/h7-9,12H,4-6,10-11,17H2,1-3H3. The van der Waals surface area contributed by atoms with Crippen LogP contribution in [0.4, 0.5) is 5.69 Å². The summed E-state index contributed by atoms with van der Waals surface area (Å²) in [6.07, 6.45) is 2.43. The van der Waals surface area contributed by atoms with Gasteiger partial charge in [-0.3, -0.25) is 0 Å². The Bertz CT molecular complexity index is 362. The summed E-state index contributed by atoms with van der Waals surface area (Å²) in [5.41, 5.74) is 8.19. The molecule has 1 aromatic carbocycles. The Hall–Kier alpha value is -0.730. The second kappa shape index (κ2) is 7.65. The molecule has 0 heterocycles. The molecule has 0 unspecified atom stereocenters. The van der Waals surface area contributed by atoms with Crippen molar-refractivity contribution in [3.8, 4) is 0 Å². The Morgan fingerprint density at radius 2 is 1.89 bits per heavy atom. The van der Waals surface area contributed by atoms with Crippen molar-refractivity contribution in [2.24, 2.45) is 11.7 Å². The Morgan fingerprint density at radius 3 is 2.39 bits per heavy atom. The van der Waals surface area contributed by atoms with Crippen molar-refractivity contribution in [3.05, 3.63) is 28.8 Å². The average Bonchev–Trinajstić information content (AvgIpc) is 2.40. The SMILES string of the molecule is CCC(CC)CN(CC)c1cc(Cl)ccc1CN. The fourth-order valence-corrected chi connectivity index (χ4v) is 2.43. The van der Waals surface area contributed by atoms with Crippen LogP contribution in [0.25, 0.3) is 0 Å². The zero-order chi connectivity index (χ0) is 13.5. The number of nitrogens with zero attached hydrogens (tertiary/aromatic N) is 1. The number of rotatable bonds is 7. The van der Waals surface area contributed by atoms with Crippen molar-refractivity contribution >= 4 is 17.3 Å². The Balaban J connectivity index is 2.96. The molecule has 1 aromatic rings. The molecule has 0 spiro atoms. The van der Waals surface area contributed by atoms with Crippen molar-refractivity contribution in [2.75, 3.05) is 18.0 Å². The maximum atomic E-state index is 6.11. The van der Waals surface area contributed by atoms with Gasteiger partial charge in [-0.1, -0.05) is 44.4 Å². The van der Waals surface area contributed by atoms with Crippen LogP contribution in [0.1, 0.15) is 39.2 Å². The van der Waals surface area contributed by atoms with Crippen LogP contribution in [0.2, 0.25) is 5.02 Å². The summed E-state index contributed by atoms with van der Waals surface area (Å²) in [4.78, 5) is 2.39. The first-order chi connectivity index (χ1) is 8.65. The minimum Gasteiger partial charge on any atom is -0.371 e. The minimum absolute atomic E-state index is 0.561.